The maximum atomic E-state index is 12.7. The largest absolute Gasteiger partial charge is 0.394 e. The van der Waals surface area contributed by atoms with E-state index in [1.807, 2.05) is 6.92 Å². The Morgan fingerprint density at radius 1 is 1.33 bits per heavy atom. The molecule has 0 saturated carbocycles. The molecule has 1 rings (SSSR count). The number of aliphatic hydroxyl groups excluding tert-OH is 1. The van der Waals surface area contributed by atoms with E-state index in [0.29, 0.717) is 0 Å². The Hall–Kier alpha value is -1.09. The van der Waals surface area contributed by atoms with Crippen LogP contribution in [0.4, 0.5) is 10.1 Å². The molecule has 2 N–H and O–H groups in total. The molecule has 0 aliphatic rings. The first-order chi connectivity index (χ1) is 7.09. The van der Waals surface area contributed by atoms with E-state index in [2.05, 4.69) is 12.2 Å². The molecule has 1 aromatic carbocycles. The lowest BCUT2D eigenvalue weighted by Crippen LogP contribution is -2.38. The molecule has 0 heterocycles. The van der Waals surface area contributed by atoms with Gasteiger partial charge in [-0.2, -0.15) is 0 Å². The molecule has 0 bridgehead atoms. The fourth-order valence-corrected chi connectivity index (χ4v) is 1.61. The van der Waals surface area contributed by atoms with Crippen LogP contribution in [0.25, 0.3) is 0 Å². The van der Waals surface area contributed by atoms with Gasteiger partial charge in [0.2, 0.25) is 0 Å². The number of benzene rings is 1. The van der Waals surface area contributed by atoms with Gasteiger partial charge < -0.3 is 10.4 Å². The third kappa shape index (κ3) is 3.51. The summed E-state index contributed by atoms with van der Waals surface area (Å²) in [5, 5.41) is 12.5. The second-order valence-electron chi connectivity index (χ2n) is 4.10. The molecule has 0 saturated heterocycles. The molecule has 0 aromatic heterocycles. The zero-order valence-electron chi connectivity index (χ0n) is 9.26. The van der Waals surface area contributed by atoms with Gasteiger partial charge in [0, 0.05) is 5.69 Å². The SMILES string of the molecule is CCCC(C)(CO)Nc1ccc(F)cc1. The summed E-state index contributed by atoms with van der Waals surface area (Å²) >= 11 is 0. The standard InChI is InChI=1S/C12H18FNO/c1-3-8-12(2,9-15)14-11-6-4-10(13)5-7-11/h4-7,14-15H,3,8-9H2,1-2H3. The highest BCUT2D eigenvalue weighted by molar-refractivity contribution is 5.45. The average molecular weight is 211 g/mol. The molecular weight excluding hydrogens is 193 g/mol. The lowest BCUT2D eigenvalue weighted by molar-refractivity contribution is 0.214. The zero-order chi connectivity index (χ0) is 11.3. The van der Waals surface area contributed by atoms with Crippen molar-refractivity contribution in [2.45, 2.75) is 32.2 Å². The van der Waals surface area contributed by atoms with Gasteiger partial charge in [0.25, 0.3) is 0 Å². The van der Waals surface area contributed by atoms with Crippen LogP contribution in [0, 0.1) is 5.82 Å². The number of halogens is 1. The number of nitrogens with one attached hydrogen (secondary N) is 1. The predicted octanol–water partition coefficient (Wildman–Crippen LogP) is 2.79. The van der Waals surface area contributed by atoms with Crippen LogP contribution in [0.5, 0.6) is 0 Å². The van der Waals surface area contributed by atoms with E-state index >= 15 is 0 Å². The molecular formula is C12H18FNO. The van der Waals surface area contributed by atoms with Crippen LogP contribution in [0.1, 0.15) is 26.7 Å². The summed E-state index contributed by atoms with van der Waals surface area (Å²) in [5.41, 5.74) is 0.508. The van der Waals surface area contributed by atoms with E-state index in [1.54, 1.807) is 12.1 Å². The Labute approximate surface area is 90.1 Å². The van der Waals surface area contributed by atoms with E-state index in [4.69, 9.17) is 0 Å². The van der Waals surface area contributed by atoms with Crippen LogP contribution in [0.2, 0.25) is 0 Å². The molecule has 0 fully saturated rings. The van der Waals surface area contributed by atoms with Crippen LogP contribution < -0.4 is 5.32 Å². The molecule has 0 aliphatic heterocycles. The Kier molecular flexibility index (Phi) is 4.09. The van der Waals surface area contributed by atoms with Gasteiger partial charge in [0.1, 0.15) is 5.82 Å². The normalized spacial score (nSPS) is 14.7. The smallest absolute Gasteiger partial charge is 0.123 e. The number of anilines is 1. The summed E-state index contributed by atoms with van der Waals surface area (Å²) in [6.45, 7) is 4.10. The minimum Gasteiger partial charge on any atom is -0.394 e. The third-order valence-electron chi connectivity index (χ3n) is 2.44. The van der Waals surface area contributed by atoms with Crippen molar-refractivity contribution in [1.82, 2.24) is 0 Å². The summed E-state index contributed by atoms with van der Waals surface area (Å²) in [6.07, 6.45) is 1.87. The van der Waals surface area contributed by atoms with Crippen molar-refractivity contribution < 1.29 is 9.50 Å². The highest BCUT2D eigenvalue weighted by Gasteiger charge is 2.21. The van der Waals surface area contributed by atoms with Gasteiger partial charge in [-0.15, -0.1) is 0 Å². The van der Waals surface area contributed by atoms with E-state index in [1.165, 1.54) is 12.1 Å². The maximum Gasteiger partial charge on any atom is 0.123 e. The van der Waals surface area contributed by atoms with Crippen molar-refractivity contribution in [2.24, 2.45) is 0 Å². The summed E-state index contributed by atoms with van der Waals surface area (Å²) in [7, 11) is 0. The molecule has 1 atom stereocenters. The molecule has 84 valence electrons. The number of rotatable bonds is 5. The van der Waals surface area contributed by atoms with Crippen molar-refractivity contribution in [1.29, 1.82) is 0 Å². The first-order valence-electron chi connectivity index (χ1n) is 5.24. The molecule has 0 spiro atoms. The minimum atomic E-state index is -0.327. The molecule has 1 unspecified atom stereocenters. The van der Waals surface area contributed by atoms with Gasteiger partial charge in [-0.3, -0.25) is 0 Å². The van der Waals surface area contributed by atoms with Crippen molar-refractivity contribution in [3.05, 3.63) is 30.1 Å². The quantitative estimate of drug-likeness (QED) is 0.785. The Balaban J connectivity index is 2.70. The van der Waals surface area contributed by atoms with Gasteiger partial charge in [0.15, 0.2) is 0 Å². The average Bonchev–Trinajstić information content (AvgIpc) is 2.22. The van der Waals surface area contributed by atoms with Crippen LogP contribution in [0.15, 0.2) is 24.3 Å². The fraction of sp³-hybridized carbons (Fsp3) is 0.500. The number of aliphatic hydroxyl groups is 1. The molecule has 1 aromatic rings. The third-order valence-corrected chi connectivity index (χ3v) is 2.44. The fourth-order valence-electron chi connectivity index (χ4n) is 1.61. The maximum absolute atomic E-state index is 12.7. The summed E-state index contributed by atoms with van der Waals surface area (Å²) in [4.78, 5) is 0. The zero-order valence-corrected chi connectivity index (χ0v) is 9.26. The first kappa shape index (κ1) is 12.0. The highest BCUT2D eigenvalue weighted by Crippen LogP contribution is 2.19. The Bertz CT molecular complexity index is 299. The highest BCUT2D eigenvalue weighted by atomic mass is 19.1. The molecule has 0 radical (unpaired) electrons. The van der Waals surface area contributed by atoms with E-state index in [0.717, 1.165) is 18.5 Å². The first-order valence-corrected chi connectivity index (χ1v) is 5.24. The summed E-state index contributed by atoms with van der Waals surface area (Å²) < 4.78 is 12.7. The molecule has 3 heteroatoms. The molecule has 0 amide bonds. The van der Waals surface area contributed by atoms with E-state index in [9.17, 15) is 9.50 Å². The van der Waals surface area contributed by atoms with Crippen LogP contribution in [-0.4, -0.2) is 17.3 Å². The number of hydrogen-bond donors (Lipinski definition) is 2. The lowest BCUT2D eigenvalue weighted by Gasteiger charge is -2.29. The van der Waals surface area contributed by atoms with Gasteiger partial charge in [-0.05, 0) is 37.6 Å². The summed E-state index contributed by atoms with van der Waals surface area (Å²) in [6, 6.07) is 6.18. The molecule has 15 heavy (non-hydrogen) atoms. The predicted molar refractivity (Wildman–Crippen MR) is 60.4 cm³/mol. The van der Waals surface area contributed by atoms with Crippen molar-refractivity contribution >= 4 is 5.69 Å². The molecule has 2 nitrogen and oxygen atoms in total. The minimum absolute atomic E-state index is 0.0677. The van der Waals surface area contributed by atoms with Crippen LogP contribution >= 0.6 is 0 Å². The van der Waals surface area contributed by atoms with E-state index < -0.39 is 0 Å². The second kappa shape index (κ2) is 5.12. The van der Waals surface area contributed by atoms with Crippen molar-refractivity contribution in [2.75, 3.05) is 11.9 Å². The lowest BCUT2D eigenvalue weighted by atomic mass is 9.97. The second-order valence-corrected chi connectivity index (χ2v) is 4.10. The van der Waals surface area contributed by atoms with Crippen LogP contribution in [-0.2, 0) is 0 Å². The van der Waals surface area contributed by atoms with Crippen molar-refractivity contribution in [3.63, 3.8) is 0 Å². The van der Waals surface area contributed by atoms with Crippen molar-refractivity contribution in [3.8, 4) is 0 Å². The summed E-state index contributed by atoms with van der Waals surface area (Å²) in [5.74, 6) is -0.248. The molecule has 0 aliphatic carbocycles. The number of hydrogen-bond acceptors (Lipinski definition) is 2. The monoisotopic (exact) mass is 211 g/mol. The Morgan fingerprint density at radius 3 is 2.40 bits per heavy atom. The van der Waals surface area contributed by atoms with Gasteiger partial charge in [0.05, 0.1) is 12.1 Å². The van der Waals surface area contributed by atoms with Gasteiger partial charge in [-0.25, -0.2) is 4.39 Å². The Morgan fingerprint density at radius 2 is 1.93 bits per heavy atom. The van der Waals surface area contributed by atoms with E-state index in [-0.39, 0.29) is 18.0 Å². The van der Waals surface area contributed by atoms with Gasteiger partial charge in [-0.1, -0.05) is 13.3 Å². The van der Waals surface area contributed by atoms with Crippen LogP contribution in [0.3, 0.4) is 0 Å². The van der Waals surface area contributed by atoms with Gasteiger partial charge >= 0.3 is 0 Å². The topological polar surface area (TPSA) is 32.3 Å².